The minimum absolute atomic E-state index is 0.114. The fourth-order valence-electron chi connectivity index (χ4n) is 3.32. The highest BCUT2D eigenvalue weighted by molar-refractivity contribution is 6.88. The third-order valence-corrected chi connectivity index (χ3v) is 17.8. The maximum atomic E-state index is 9.42. The van der Waals surface area contributed by atoms with Gasteiger partial charge in [-0.15, -0.1) is 0 Å². The van der Waals surface area contributed by atoms with Crippen LogP contribution in [0.25, 0.3) is 0 Å². The van der Waals surface area contributed by atoms with Crippen LogP contribution in [-0.2, 0) is 21.8 Å². The lowest BCUT2D eigenvalue weighted by atomic mass is 10.4. The van der Waals surface area contributed by atoms with Crippen molar-refractivity contribution in [1.29, 1.82) is 0 Å². The highest BCUT2D eigenvalue weighted by Crippen LogP contribution is 2.29. The van der Waals surface area contributed by atoms with Gasteiger partial charge in [-0.05, 0) is 70.8 Å². The van der Waals surface area contributed by atoms with Crippen molar-refractivity contribution in [3.63, 3.8) is 0 Å². The van der Waals surface area contributed by atoms with Crippen LogP contribution in [0.5, 0.6) is 0 Å². The van der Waals surface area contributed by atoms with Gasteiger partial charge in [-0.25, -0.2) is 0 Å². The first-order valence-corrected chi connectivity index (χ1v) is 22.2. The molecule has 9 nitrogen and oxygen atoms in total. The Balaban J connectivity index is 5.03. The molecular formula is C19H47O9Si4. The van der Waals surface area contributed by atoms with E-state index in [-0.39, 0.29) is 26.4 Å². The van der Waals surface area contributed by atoms with E-state index in [1.54, 1.807) is 0 Å². The molecule has 4 atom stereocenters. The maximum absolute atomic E-state index is 9.42. The summed E-state index contributed by atoms with van der Waals surface area (Å²) in [5.41, 5.74) is 0. The normalized spacial score (nSPS) is 18.4. The van der Waals surface area contributed by atoms with Gasteiger partial charge in [0.25, 0.3) is 0 Å². The zero-order chi connectivity index (χ0) is 24.8. The van der Waals surface area contributed by atoms with Crippen molar-refractivity contribution in [1.82, 2.24) is 0 Å². The Bertz CT molecular complexity index is 484. The van der Waals surface area contributed by atoms with Gasteiger partial charge in [0.2, 0.25) is 0 Å². The maximum Gasteiger partial charge on any atom is 0.315 e. The van der Waals surface area contributed by atoms with Gasteiger partial charge in [0.1, 0.15) is 12.2 Å². The molecule has 32 heavy (non-hydrogen) atoms. The minimum atomic E-state index is -2.56. The van der Waals surface area contributed by atoms with E-state index in [0.717, 1.165) is 24.9 Å². The van der Waals surface area contributed by atoms with Gasteiger partial charge in [-0.1, -0.05) is 0 Å². The summed E-state index contributed by atoms with van der Waals surface area (Å²) < 4.78 is 30.8. The molecule has 4 unspecified atom stereocenters. The van der Waals surface area contributed by atoms with E-state index in [1.165, 1.54) is 0 Å². The second-order valence-corrected chi connectivity index (χ2v) is 23.7. The Morgan fingerprint density at radius 3 is 1.53 bits per heavy atom. The Kier molecular flexibility index (Phi) is 16.5. The summed E-state index contributed by atoms with van der Waals surface area (Å²) in [6.07, 6.45) is -0.217. The zero-order valence-electron chi connectivity index (χ0n) is 21.1. The summed E-state index contributed by atoms with van der Waals surface area (Å²) in [6.45, 7) is 15.4. The third kappa shape index (κ3) is 17.0. The Labute approximate surface area is 199 Å². The molecule has 0 aliphatic rings. The number of aliphatic hydroxyl groups excluding tert-OH is 4. The molecular weight excluding hydrogens is 485 g/mol. The van der Waals surface area contributed by atoms with Gasteiger partial charge < -0.3 is 42.2 Å². The number of rotatable bonds is 20. The first-order chi connectivity index (χ1) is 14.7. The molecule has 0 fully saturated rings. The summed E-state index contributed by atoms with van der Waals surface area (Å²) >= 11 is 0. The van der Waals surface area contributed by atoms with Crippen molar-refractivity contribution in [3.05, 3.63) is 0 Å². The summed E-state index contributed by atoms with van der Waals surface area (Å²) in [7, 11) is -7.93. The largest absolute Gasteiger partial charge is 0.437 e. The Hall–Kier alpha value is 0.508. The lowest BCUT2D eigenvalue weighted by Gasteiger charge is -2.41. The second kappa shape index (κ2) is 16.2. The first kappa shape index (κ1) is 32.5. The van der Waals surface area contributed by atoms with Crippen LogP contribution in [0.2, 0.25) is 57.9 Å². The highest BCUT2D eigenvalue weighted by atomic mass is 28.5. The van der Waals surface area contributed by atoms with Crippen molar-refractivity contribution in [2.24, 2.45) is 0 Å². The Morgan fingerprint density at radius 2 is 1.16 bits per heavy atom. The summed E-state index contributed by atoms with van der Waals surface area (Å²) in [5, 5.41) is 36.6. The van der Waals surface area contributed by atoms with E-state index in [4.69, 9.17) is 32.0 Å². The van der Waals surface area contributed by atoms with Crippen molar-refractivity contribution in [3.8, 4) is 0 Å². The van der Waals surface area contributed by atoms with Crippen LogP contribution in [0.15, 0.2) is 0 Å². The predicted octanol–water partition coefficient (Wildman–Crippen LogP) is 1.79. The monoisotopic (exact) mass is 531 g/mol. The molecule has 0 aromatic carbocycles. The molecule has 0 rings (SSSR count). The van der Waals surface area contributed by atoms with Crippen LogP contribution in [-0.4, -0.2) is 107 Å². The fraction of sp³-hybridized carbons (Fsp3) is 1.00. The van der Waals surface area contributed by atoms with E-state index in [2.05, 4.69) is 45.8 Å². The van der Waals surface area contributed by atoms with Crippen molar-refractivity contribution in [2.45, 2.75) is 83.0 Å². The molecule has 0 aliphatic carbocycles. The highest BCUT2D eigenvalue weighted by Gasteiger charge is 2.45. The van der Waals surface area contributed by atoms with Crippen LogP contribution in [0.1, 0.15) is 12.8 Å². The van der Waals surface area contributed by atoms with Gasteiger partial charge in [0.05, 0.1) is 26.4 Å². The van der Waals surface area contributed by atoms with Crippen LogP contribution in [0.4, 0.5) is 0 Å². The van der Waals surface area contributed by atoms with Crippen LogP contribution < -0.4 is 0 Å². The molecule has 0 spiro atoms. The third-order valence-electron chi connectivity index (χ3n) is 4.26. The predicted molar refractivity (Wildman–Crippen MR) is 134 cm³/mol. The van der Waals surface area contributed by atoms with Crippen LogP contribution in [0.3, 0.4) is 0 Å². The first-order valence-electron chi connectivity index (χ1n) is 11.4. The molecule has 13 heteroatoms. The lowest BCUT2D eigenvalue weighted by Crippen LogP contribution is -2.56. The lowest BCUT2D eigenvalue weighted by molar-refractivity contribution is 0.00604. The Morgan fingerprint density at radius 1 is 0.719 bits per heavy atom. The van der Waals surface area contributed by atoms with Crippen molar-refractivity contribution >= 4 is 34.5 Å². The second-order valence-electron chi connectivity index (χ2n) is 9.62. The molecule has 193 valence electrons. The number of hydrogen-bond donors (Lipinski definition) is 4. The average molecular weight is 532 g/mol. The van der Waals surface area contributed by atoms with Gasteiger partial charge in [-0.3, -0.25) is 0 Å². The van der Waals surface area contributed by atoms with E-state index in [0.29, 0.717) is 13.2 Å². The van der Waals surface area contributed by atoms with Crippen LogP contribution in [0, 0.1) is 0 Å². The van der Waals surface area contributed by atoms with E-state index < -0.39 is 46.7 Å². The topological polar surface area (TPSA) is 127 Å². The number of ether oxygens (including phenoxy) is 2. The summed E-state index contributed by atoms with van der Waals surface area (Å²) in [6, 6.07) is 1.52. The van der Waals surface area contributed by atoms with Gasteiger partial charge in [-0.2, -0.15) is 0 Å². The summed E-state index contributed by atoms with van der Waals surface area (Å²) in [4.78, 5) is 0. The molecule has 0 bridgehead atoms. The van der Waals surface area contributed by atoms with E-state index >= 15 is 0 Å². The van der Waals surface area contributed by atoms with Crippen LogP contribution >= 0.6 is 0 Å². The van der Waals surface area contributed by atoms with E-state index in [1.807, 2.05) is 0 Å². The summed E-state index contributed by atoms with van der Waals surface area (Å²) in [5.74, 6) is 0. The van der Waals surface area contributed by atoms with E-state index in [9.17, 15) is 10.2 Å². The fourth-order valence-corrected chi connectivity index (χ4v) is 19.9. The number of hydrogen-bond acceptors (Lipinski definition) is 9. The van der Waals surface area contributed by atoms with Gasteiger partial charge in [0.15, 0.2) is 17.4 Å². The molecule has 0 amide bonds. The molecule has 0 aliphatic heterocycles. The molecule has 0 heterocycles. The number of aliphatic hydroxyl groups is 4. The zero-order valence-corrected chi connectivity index (χ0v) is 25.1. The smallest absolute Gasteiger partial charge is 0.315 e. The standard InChI is InChI=1S/C19H47O9Si4/c1-29(2)26-31(6,12-8-10-24-16-18(22)14-20)28-32(7,27-30(3,4)5)13-9-11-25-17-19(23)15-21/h18-23H,8-17H2,1-7H3. The van der Waals surface area contributed by atoms with Crippen molar-refractivity contribution < 1.29 is 42.2 Å². The molecule has 0 aromatic heterocycles. The average Bonchev–Trinajstić information content (AvgIpc) is 2.64. The molecule has 4 N–H and O–H groups in total. The molecule has 1 radical (unpaired) electrons. The molecule has 0 saturated heterocycles. The SMILES string of the molecule is C[Si](C)O[Si](C)(CCCOCC(O)CO)O[Si](C)(CCCOCC(O)CO)O[Si](C)(C)C. The molecule has 0 saturated carbocycles. The quantitative estimate of drug-likeness (QED) is 0.137. The minimum Gasteiger partial charge on any atom is -0.437 e. The van der Waals surface area contributed by atoms with Gasteiger partial charge >= 0.3 is 17.1 Å². The van der Waals surface area contributed by atoms with Crippen molar-refractivity contribution in [2.75, 3.05) is 39.6 Å². The van der Waals surface area contributed by atoms with Gasteiger partial charge in [0, 0.05) is 13.2 Å². The molecule has 0 aromatic rings.